The molecule has 0 spiro atoms. The molecule has 15 heavy (non-hydrogen) atoms. The second-order valence-electron chi connectivity index (χ2n) is 2.53. The number of hydrogen-bond donors (Lipinski definition) is 2. The van der Waals surface area contributed by atoms with Gasteiger partial charge in [-0.1, -0.05) is 11.8 Å². The molecule has 1 rings (SSSR count). The number of amides is 1. The molecular weight excluding hydrogens is 243 g/mol. The number of thioether (sulfide) groups is 1. The van der Waals surface area contributed by atoms with Crippen LogP contribution in [-0.4, -0.2) is 24.0 Å². The van der Waals surface area contributed by atoms with Crippen molar-refractivity contribution in [3.8, 4) is 0 Å². The molecular formula is C6H5F5N2OS. The molecule has 3 nitrogen and oxygen atoms in total. The zero-order valence-electron chi connectivity index (χ0n) is 6.99. The van der Waals surface area contributed by atoms with E-state index in [-0.39, 0.29) is 10.8 Å². The van der Waals surface area contributed by atoms with Crippen molar-refractivity contribution >= 4 is 17.7 Å². The van der Waals surface area contributed by atoms with E-state index in [0.717, 1.165) is 18.0 Å². The van der Waals surface area contributed by atoms with E-state index in [1.165, 1.54) is 0 Å². The van der Waals surface area contributed by atoms with Gasteiger partial charge in [0.1, 0.15) is 0 Å². The van der Waals surface area contributed by atoms with Crippen LogP contribution in [0.4, 0.5) is 22.0 Å². The second kappa shape index (κ2) is 3.87. The average Bonchev–Trinajstić information content (AvgIpc) is 2.51. The van der Waals surface area contributed by atoms with Crippen LogP contribution >= 0.6 is 11.8 Å². The Balaban J connectivity index is 2.65. The first kappa shape index (κ1) is 12.1. The normalized spacial score (nSPS) is 17.0. The summed E-state index contributed by atoms with van der Waals surface area (Å²) in [6.07, 6.45) is -4.72. The van der Waals surface area contributed by atoms with Crippen molar-refractivity contribution in [2.45, 2.75) is 12.2 Å². The molecule has 0 bridgehead atoms. The Hall–Kier alpha value is -0.990. The molecule has 0 saturated carbocycles. The van der Waals surface area contributed by atoms with E-state index < -0.39 is 18.1 Å². The van der Waals surface area contributed by atoms with Crippen LogP contribution in [0.1, 0.15) is 0 Å². The van der Waals surface area contributed by atoms with Gasteiger partial charge < -0.3 is 5.32 Å². The summed E-state index contributed by atoms with van der Waals surface area (Å²) in [7, 11) is 0. The third-order valence-corrected chi connectivity index (χ3v) is 2.32. The summed E-state index contributed by atoms with van der Waals surface area (Å²) >= 11 is 0.839. The first-order valence-corrected chi connectivity index (χ1v) is 4.56. The lowest BCUT2D eigenvalue weighted by molar-refractivity contribution is -0.292. The third-order valence-electron chi connectivity index (χ3n) is 1.39. The molecule has 86 valence electrons. The zero-order chi connectivity index (χ0) is 11.7. The predicted molar refractivity (Wildman–Crippen MR) is 42.8 cm³/mol. The highest BCUT2D eigenvalue weighted by Crippen LogP contribution is 2.33. The molecule has 0 atom stereocenters. The van der Waals surface area contributed by atoms with Gasteiger partial charge in [-0.05, 0) is 0 Å². The van der Waals surface area contributed by atoms with Crippen LogP contribution in [0.5, 0.6) is 0 Å². The summed E-state index contributed by atoms with van der Waals surface area (Å²) < 4.78 is 59.7. The maximum absolute atomic E-state index is 12.3. The topological polar surface area (TPSA) is 41.1 Å². The average molecular weight is 248 g/mol. The Bertz CT molecular complexity index is 300. The van der Waals surface area contributed by atoms with Crippen molar-refractivity contribution in [1.82, 2.24) is 10.6 Å². The van der Waals surface area contributed by atoms with Crippen molar-refractivity contribution in [2.24, 2.45) is 0 Å². The molecule has 1 heterocycles. The van der Waals surface area contributed by atoms with Crippen molar-refractivity contribution in [1.29, 1.82) is 0 Å². The van der Waals surface area contributed by atoms with Crippen LogP contribution in [0, 0.1) is 0 Å². The fourth-order valence-corrected chi connectivity index (χ4v) is 1.37. The fourth-order valence-electron chi connectivity index (χ4n) is 0.702. The number of hydrogen-bond acceptors (Lipinski definition) is 3. The molecule has 0 aliphatic carbocycles. The Morgan fingerprint density at radius 3 is 2.40 bits per heavy atom. The van der Waals surface area contributed by atoms with Gasteiger partial charge in [0.2, 0.25) is 0 Å². The van der Waals surface area contributed by atoms with Crippen LogP contribution < -0.4 is 10.6 Å². The highest BCUT2D eigenvalue weighted by molar-refractivity contribution is 8.04. The van der Waals surface area contributed by atoms with E-state index in [4.69, 9.17) is 0 Å². The van der Waals surface area contributed by atoms with Gasteiger partial charge in [0.05, 0.1) is 10.8 Å². The Morgan fingerprint density at radius 2 is 2.00 bits per heavy atom. The highest BCUT2D eigenvalue weighted by Gasteiger charge is 2.59. The monoisotopic (exact) mass is 248 g/mol. The largest absolute Gasteiger partial charge is 0.475 e. The maximum Gasteiger partial charge on any atom is 0.475 e. The lowest BCUT2D eigenvalue weighted by atomic mass is 10.4. The number of halogens is 5. The minimum absolute atomic E-state index is 0.209. The van der Waals surface area contributed by atoms with Crippen molar-refractivity contribution in [2.75, 3.05) is 5.88 Å². The molecule has 0 aromatic carbocycles. The van der Waals surface area contributed by atoms with Gasteiger partial charge in [0.25, 0.3) is 5.91 Å². The summed E-state index contributed by atoms with van der Waals surface area (Å²) in [5.74, 6) is -1.19. The molecule has 1 aliphatic rings. The van der Waals surface area contributed by atoms with Gasteiger partial charge in [-0.2, -0.15) is 22.0 Å². The first-order valence-electron chi connectivity index (χ1n) is 3.57. The Morgan fingerprint density at radius 1 is 1.40 bits per heavy atom. The minimum Gasteiger partial charge on any atom is -0.380 e. The third kappa shape index (κ3) is 2.74. The molecule has 0 aromatic rings. The molecule has 2 N–H and O–H groups in total. The standard InChI is InChI=1S/C6H5F5N2OS/c7-5(8,9)6(10,11)13-4(14)3-1-12-2-15-3/h1,12H,2H2,(H,13,14). The van der Waals surface area contributed by atoms with Gasteiger partial charge in [0, 0.05) is 6.20 Å². The van der Waals surface area contributed by atoms with Crippen molar-refractivity contribution in [3.63, 3.8) is 0 Å². The van der Waals surface area contributed by atoms with Gasteiger partial charge >= 0.3 is 12.2 Å². The van der Waals surface area contributed by atoms with E-state index >= 15 is 0 Å². The summed E-state index contributed by atoms with van der Waals surface area (Å²) in [6.45, 7) is 0. The molecule has 0 unspecified atom stereocenters. The Kier molecular flexibility index (Phi) is 3.12. The number of carbonyl (C=O) groups excluding carboxylic acids is 1. The smallest absolute Gasteiger partial charge is 0.380 e. The lowest BCUT2D eigenvalue weighted by Gasteiger charge is -2.20. The van der Waals surface area contributed by atoms with E-state index in [2.05, 4.69) is 5.32 Å². The molecule has 0 fully saturated rings. The zero-order valence-corrected chi connectivity index (χ0v) is 7.81. The SMILES string of the molecule is O=C(NC(F)(F)C(F)(F)F)C1=CNCS1. The molecule has 9 heteroatoms. The van der Waals surface area contributed by atoms with Crippen LogP contribution in [0.3, 0.4) is 0 Å². The summed E-state index contributed by atoms with van der Waals surface area (Å²) in [5, 5.41) is 3.10. The van der Waals surface area contributed by atoms with Crippen molar-refractivity contribution < 1.29 is 26.7 Å². The van der Waals surface area contributed by atoms with Gasteiger partial charge in [-0.25, -0.2) is 0 Å². The molecule has 0 saturated heterocycles. The van der Waals surface area contributed by atoms with Gasteiger partial charge in [-0.15, -0.1) is 0 Å². The molecule has 0 radical (unpaired) electrons. The highest BCUT2D eigenvalue weighted by atomic mass is 32.2. The van der Waals surface area contributed by atoms with Crippen molar-refractivity contribution in [3.05, 3.63) is 11.1 Å². The van der Waals surface area contributed by atoms with E-state index in [1.807, 2.05) is 0 Å². The van der Waals surface area contributed by atoms with E-state index in [9.17, 15) is 26.7 Å². The maximum atomic E-state index is 12.3. The lowest BCUT2D eigenvalue weighted by Crippen LogP contribution is -2.52. The van der Waals surface area contributed by atoms with Gasteiger partial charge in [0.15, 0.2) is 0 Å². The van der Waals surface area contributed by atoms with E-state index in [0.29, 0.717) is 5.32 Å². The predicted octanol–water partition coefficient (Wildman–Crippen LogP) is 1.39. The molecule has 1 aliphatic heterocycles. The number of carbonyl (C=O) groups is 1. The minimum atomic E-state index is -5.79. The quantitative estimate of drug-likeness (QED) is 0.573. The summed E-state index contributed by atoms with van der Waals surface area (Å²) in [6, 6.07) is -5.21. The fraction of sp³-hybridized carbons (Fsp3) is 0.500. The Labute approximate surface area is 85.1 Å². The number of rotatable bonds is 2. The summed E-state index contributed by atoms with van der Waals surface area (Å²) in [4.78, 5) is 10.7. The van der Waals surface area contributed by atoms with Crippen LogP contribution in [-0.2, 0) is 4.79 Å². The second-order valence-corrected chi connectivity index (χ2v) is 3.54. The molecule has 1 amide bonds. The van der Waals surface area contributed by atoms with Crippen LogP contribution in [0.2, 0.25) is 0 Å². The summed E-state index contributed by atoms with van der Waals surface area (Å²) in [5.41, 5.74) is 0. The van der Waals surface area contributed by atoms with Gasteiger partial charge in [-0.3, -0.25) is 10.1 Å². The molecule has 0 aromatic heterocycles. The van der Waals surface area contributed by atoms with Crippen LogP contribution in [0.15, 0.2) is 11.1 Å². The number of nitrogens with one attached hydrogen (secondary N) is 2. The van der Waals surface area contributed by atoms with Crippen LogP contribution in [0.25, 0.3) is 0 Å². The van der Waals surface area contributed by atoms with E-state index in [1.54, 1.807) is 0 Å². The number of alkyl halides is 5. The first-order chi connectivity index (χ1) is 6.74.